The molecule has 0 radical (unpaired) electrons. The average Bonchev–Trinajstić information content (AvgIpc) is 2.76. The van der Waals surface area contributed by atoms with Crippen LogP contribution in [0.2, 0.25) is 21.1 Å². The van der Waals surface area contributed by atoms with Crippen molar-refractivity contribution in [3.63, 3.8) is 0 Å². The first kappa shape index (κ1) is 22.5. The van der Waals surface area contributed by atoms with Crippen molar-refractivity contribution >= 4 is 58.3 Å². The molecule has 5 rings (SSSR count). The fourth-order valence-electron chi connectivity index (χ4n) is 5.06. The van der Waals surface area contributed by atoms with Gasteiger partial charge in [0, 0.05) is 0 Å². The summed E-state index contributed by atoms with van der Waals surface area (Å²) in [4.78, 5) is 29.0. The van der Waals surface area contributed by atoms with Crippen molar-refractivity contribution in [1.29, 1.82) is 0 Å². The van der Waals surface area contributed by atoms with E-state index in [0.29, 0.717) is 11.9 Å². The van der Waals surface area contributed by atoms with Crippen molar-refractivity contribution < 1.29 is 8.97 Å². The summed E-state index contributed by atoms with van der Waals surface area (Å²) in [5, 5.41) is 0.555. The molecule has 10 nitrogen and oxygen atoms in total. The number of hydrogen-bond donors (Lipinski definition) is 0. The van der Waals surface area contributed by atoms with Gasteiger partial charge >= 0.3 is 0 Å². The quantitative estimate of drug-likeness (QED) is 0.552. The molecule has 0 atom stereocenters. The molecule has 14 heteroatoms. The number of quaternary nitrogens is 2. The minimum Gasteiger partial charge on any atom is -0.329 e. The number of hydrogen-bond acceptors (Lipinski definition) is 8. The summed E-state index contributed by atoms with van der Waals surface area (Å²) < 4.78 is 2.32. The lowest BCUT2D eigenvalue weighted by molar-refractivity contribution is -1.03. The Kier molecular flexibility index (Phi) is 6.19. The first-order valence-corrected chi connectivity index (χ1v) is 12.2. The minimum absolute atomic E-state index is 0.139. The molecule has 0 unspecified atom stereocenters. The number of piperazine rings is 3. The van der Waals surface area contributed by atoms with Gasteiger partial charge in [0.2, 0.25) is 33.0 Å². The monoisotopic (exact) mass is 520 g/mol. The number of rotatable bonds is 2. The van der Waals surface area contributed by atoms with Gasteiger partial charge in [-0.15, -0.1) is 0 Å². The molecular weight excluding hydrogens is 498 g/mol. The zero-order valence-corrected chi connectivity index (χ0v) is 20.5. The van der Waals surface area contributed by atoms with Crippen molar-refractivity contribution in [2.75, 3.05) is 88.3 Å². The Morgan fingerprint density at radius 2 is 0.719 bits per heavy atom. The second-order valence-electron chi connectivity index (χ2n) is 8.79. The molecule has 0 saturated carbocycles. The van der Waals surface area contributed by atoms with Gasteiger partial charge in [-0.1, -0.05) is 0 Å². The van der Waals surface area contributed by atoms with Crippen LogP contribution in [0.4, 0.5) is 11.9 Å². The molecule has 2 aromatic heterocycles. The van der Waals surface area contributed by atoms with Crippen LogP contribution < -0.4 is 9.80 Å². The first-order valence-electron chi connectivity index (χ1n) is 10.7. The molecule has 3 saturated heterocycles. The molecule has 0 aliphatic carbocycles. The zero-order chi connectivity index (χ0) is 22.3. The summed E-state index contributed by atoms with van der Waals surface area (Å²) in [6, 6.07) is 0. The van der Waals surface area contributed by atoms with E-state index >= 15 is 0 Å². The largest absolute Gasteiger partial charge is 0.329 e. The van der Waals surface area contributed by atoms with E-state index in [2.05, 4.69) is 39.7 Å². The highest BCUT2D eigenvalue weighted by Crippen LogP contribution is 2.27. The summed E-state index contributed by atoms with van der Waals surface area (Å²) in [6.45, 7) is 12.7. The van der Waals surface area contributed by atoms with Crippen molar-refractivity contribution in [2.24, 2.45) is 0 Å². The summed E-state index contributed by atoms with van der Waals surface area (Å²) in [6.07, 6.45) is 0. The summed E-state index contributed by atoms with van der Waals surface area (Å²) in [5.41, 5.74) is 0. The van der Waals surface area contributed by atoms with Crippen LogP contribution in [-0.2, 0) is 0 Å². The Hall–Kier alpha value is -1.30. The van der Waals surface area contributed by atoms with Gasteiger partial charge in [-0.05, 0) is 46.4 Å². The van der Waals surface area contributed by atoms with E-state index in [0.717, 1.165) is 61.3 Å². The van der Waals surface area contributed by atoms with E-state index in [1.807, 2.05) is 0 Å². The molecule has 0 bridgehead atoms. The van der Waals surface area contributed by atoms with E-state index in [4.69, 9.17) is 46.4 Å². The molecule has 0 N–H and O–H groups in total. The van der Waals surface area contributed by atoms with Crippen LogP contribution in [0.1, 0.15) is 0 Å². The lowest BCUT2D eigenvalue weighted by Gasteiger charge is -2.54. The van der Waals surface area contributed by atoms with Crippen molar-refractivity contribution in [3.05, 3.63) is 21.1 Å². The maximum Gasteiger partial charge on any atom is 0.231 e. The smallest absolute Gasteiger partial charge is 0.231 e. The zero-order valence-electron chi connectivity index (χ0n) is 17.5. The molecule has 32 heavy (non-hydrogen) atoms. The van der Waals surface area contributed by atoms with Crippen LogP contribution in [0.3, 0.4) is 0 Å². The third-order valence-corrected chi connectivity index (χ3v) is 7.85. The highest BCUT2D eigenvalue weighted by Gasteiger charge is 2.45. The van der Waals surface area contributed by atoms with Gasteiger partial charge in [0.15, 0.2) is 0 Å². The number of aromatic nitrogens is 6. The van der Waals surface area contributed by atoms with Gasteiger partial charge in [0.05, 0.1) is 52.4 Å². The first-order chi connectivity index (χ1) is 15.3. The molecule has 3 fully saturated rings. The SMILES string of the molecule is Clc1nc(Cl)nc(N2CC[N+]3(CC2)CC[N+]2(CCN(c4nc(Cl)nc(Cl)n4)CC2)CC3)n1. The van der Waals surface area contributed by atoms with Crippen molar-refractivity contribution in [2.45, 2.75) is 0 Å². The molecule has 2 spiro atoms. The van der Waals surface area contributed by atoms with Crippen LogP contribution >= 0.6 is 46.4 Å². The lowest BCUT2D eigenvalue weighted by atomic mass is 10.1. The van der Waals surface area contributed by atoms with Crippen LogP contribution in [0.25, 0.3) is 0 Å². The Labute approximate surface area is 206 Å². The van der Waals surface area contributed by atoms with Gasteiger partial charge in [0.25, 0.3) is 0 Å². The fourth-order valence-corrected chi connectivity index (χ4v) is 5.77. The van der Waals surface area contributed by atoms with Crippen LogP contribution in [0.5, 0.6) is 0 Å². The lowest BCUT2D eigenvalue weighted by Crippen LogP contribution is -2.73. The Balaban J connectivity index is 1.16. The van der Waals surface area contributed by atoms with Gasteiger partial charge in [-0.3, -0.25) is 0 Å². The maximum atomic E-state index is 5.95. The molecule has 172 valence electrons. The van der Waals surface area contributed by atoms with Crippen LogP contribution in [-0.4, -0.2) is 117 Å². The maximum absolute atomic E-state index is 5.95. The van der Waals surface area contributed by atoms with Crippen molar-refractivity contribution in [1.82, 2.24) is 29.9 Å². The van der Waals surface area contributed by atoms with Crippen molar-refractivity contribution in [3.8, 4) is 0 Å². The third-order valence-electron chi connectivity index (χ3n) is 7.18. The molecule has 5 heterocycles. The topological polar surface area (TPSA) is 83.8 Å². The number of anilines is 2. The normalized spacial score (nSPS) is 22.5. The van der Waals surface area contributed by atoms with E-state index in [-0.39, 0.29) is 21.1 Å². The molecule has 0 aromatic carbocycles. The predicted octanol–water partition coefficient (Wildman–Crippen LogP) is 1.66. The van der Waals surface area contributed by atoms with Gasteiger partial charge in [-0.2, -0.15) is 29.9 Å². The van der Waals surface area contributed by atoms with Crippen LogP contribution in [0.15, 0.2) is 0 Å². The number of nitrogens with zero attached hydrogens (tertiary/aromatic N) is 10. The second kappa shape index (κ2) is 8.81. The second-order valence-corrected chi connectivity index (χ2v) is 10.1. The van der Waals surface area contributed by atoms with Gasteiger partial charge in [0.1, 0.15) is 26.2 Å². The highest BCUT2D eigenvalue weighted by molar-refractivity contribution is 6.31. The standard InChI is InChI=1S/C18H24Cl4N10/c19-13-23-14(20)26-17(25-13)29-1-5-31(6-2-29)9-11-32(12-10-31)7-3-30(4-8-32)18-27-15(21)24-16(22)28-18/h1-12H2/q+2. The van der Waals surface area contributed by atoms with E-state index in [1.165, 1.54) is 26.2 Å². The predicted molar refractivity (Wildman–Crippen MR) is 124 cm³/mol. The van der Waals surface area contributed by atoms with Crippen LogP contribution in [0, 0.1) is 0 Å². The molecular formula is C18H24Cl4N10+2. The molecule has 0 amide bonds. The third kappa shape index (κ3) is 4.67. The summed E-state index contributed by atoms with van der Waals surface area (Å²) in [7, 11) is 0. The fraction of sp³-hybridized carbons (Fsp3) is 0.667. The molecule has 3 aliphatic heterocycles. The number of halogens is 4. The van der Waals surface area contributed by atoms with Gasteiger partial charge in [-0.25, -0.2) is 0 Å². The van der Waals surface area contributed by atoms with E-state index in [9.17, 15) is 0 Å². The highest BCUT2D eigenvalue weighted by atomic mass is 35.5. The Morgan fingerprint density at radius 1 is 0.438 bits per heavy atom. The minimum atomic E-state index is 0.139. The molecule has 2 aromatic rings. The van der Waals surface area contributed by atoms with E-state index in [1.54, 1.807) is 0 Å². The van der Waals surface area contributed by atoms with Gasteiger partial charge < -0.3 is 18.8 Å². The average molecular weight is 522 g/mol. The summed E-state index contributed by atoms with van der Waals surface area (Å²) in [5.74, 6) is 1.14. The van der Waals surface area contributed by atoms with E-state index < -0.39 is 0 Å². The summed E-state index contributed by atoms with van der Waals surface area (Å²) >= 11 is 23.8. The Bertz CT molecular complexity index is 860. The Morgan fingerprint density at radius 3 is 1.00 bits per heavy atom. The molecule has 3 aliphatic rings.